The Morgan fingerprint density at radius 1 is 1.27 bits per heavy atom. The van der Waals surface area contributed by atoms with Crippen molar-refractivity contribution < 1.29 is 4.74 Å². The Labute approximate surface area is 108 Å². The molecule has 1 rings (SSSR count). The molecule has 84 valence electrons. The van der Waals surface area contributed by atoms with Crippen LogP contribution in [-0.2, 0) is 5.33 Å². The first-order chi connectivity index (χ1) is 7.27. The summed E-state index contributed by atoms with van der Waals surface area (Å²) < 4.78 is 6.83. The Bertz CT molecular complexity index is 300. The van der Waals surface area contributed by atoms with Crippen LogP contribution >= 0.6 is 31.9 Å². The molecule has 15 heavy (non-hydrogen) atoms. The van der Waals surface area contributed by atoms with Crippen LogP contribution in [0.1, 0.15) is 31.7 Å². The van der Waals surface area contributed by atoms with E-state index in [2.05, 4.69) is 44.8 Å². The molecule has 1 nitrogen and oxygen atoms in total. The third-order valence-electron chi connectivity index (χ3n) is 2.17. The monoisotopic (exact) mass is 334 g/mol. The first-order valence-electron chi connectivity index (χ1n) is 5.25. The minimum atomic E-state index is 0.815. The number of hydrogen-bond donors (Lipinski definition) is 0. The number of unbranched alkanes of at least 4 members (excludes halogenated alkanes) is 2. The summed E-state index contributed by atoms with van der Waals surface area (Å²) in [5.41, 5.74) is 1.20. The van der Waals surface area contributed by atoms with Crippen LogP contribution in [0.2, 0.25) is 0 Å². The standard InChI is InChI=1S/C12H16Br2O/c1-2-3-4-7-15-12-6-5-11(14)8-10(12)9-13/h5-6,8H,2-4,7,9H2,1H3. The number of alkyl halides is 1. The summed E-state index contributed by atoms with van der Waals surface area (Å²) in [6.45, 7) is 3.01. The van der Waals surface area contributed by atoms with Gasteiger partial charge in [-0.15, -0.1) is 0 Å². The molecule has 0 radical (unpaired) electrons. The largest absolute Gasteiger partial charge is 0.493 e. The SMILES string of the molecule is CCCCCOc1ccc(Br)cc1CBr. The van der Waals surface area contributed by atoms with Crippen LogP contribution in [0.4, 0.5) is 0 Å². The quantitative estimate of drug-likeness (QED) is 0.530. The third kappa shape index (κ3) is 4.56. The van der Waals surface area contributed by atoms with Gasteiger partial charge < -0.3 is 4.74 Å². The van der Waals surface area contributed by atoms with E-state index in [1.165, 1.54) is 18.4 Å². The van der Waals surface area contributed by atoms with Crippen molar-refractivity contribution in [3.63, 3.8) is 0 Å². The highest BCUT2D eigenvalue weighted by molar-refractivity contribution is 9.10. The van der Waals surface area contributed by atoms with Crippen molar-refractivity contribution in [1.29, 1.82) is 0 Å². The normalized spacial score (nSPS) is 10.3. The second-order valence-corrected chi connectivity index (χ2v) is 4.92. The van der Waals surface area contributed by atoms with E-state index in [4.69, 9.17) is 4.74 Å². The molecule has 0 spiro atoms. The predicted molar refractivity (Wildman–Crippen MR) is 71.8 cm³/mol. The van der Waals surface area contributed by atoms with Gasteiger partial charge in [-0.25, -0.2) is 0 Å². The Balaban J connectivity index is 2.52. The molecular weight excluding hydrogens is 320 g/mol. The fourth-order valence-electron chi connectivity index (χ4n) is 1.33. The Morgan fingerprint density at radius 3 is 2.73 bits per heavy atom. The van der Waals surface area contributed by atoms with Crippen LogP contribution in [0, 0.1) is 0 Å². The summed E-state index contributed by atoms with van der Waals surface area (Å²) in [6, 6.07) is 6.12. The maximum absolute atomic E-state index is 5.73. The molecule has 0 aliphatic rings. The van der Waals surface area contributed by atoms with E-state index in [0.717, 1.165) is 28.6 Å². The van der Waals surface area contributed by atoms with Crippen molar-refractivity contribution in [2.75, 3.05) is 6.61 Å². The highest BCUT2D eigenvalue weighted by atomic mass is 79.9. The zero-order valence-electron chi connectivity index (χ0n) is 8.93. The lowest BCUT2D eigenvalue weighted by Gasteiger charge is -2.10. The molecule has 0 amide bonds. The molecule has 0 aromatic heterocycles. The van der Waals surface area contributed by atoms with Gasteiger partial charge in [0.25, 0.3) is 0 Å². The molecule has 1 aromatic rings. The molecule has 0 saturated heterocycles. The molecule has 0 bridgehead atoms. The van der Waals surface area contributed by atoms with Gasteiger partial charge >= 0.3 is 0 Å². The molecule has 0 aliphatic carbocycles. The summed E-state index contributed by atoms with van der Waals surface area (Å²) in [5, 5.41) is 0.829. The minimum Gasteiger partial charge on any atom is -0.493 e. The lowest BCUT2D eigenvalue weighted by atomic mass is 10.2. The maximum Gasteiger partial charge on any atom is 0.123 e. The molecule has 0 atom stereocenters. The summed E-state index contributed by atoms with van der Waals surface area (Å²) >= 11 is 6.92. The number of halogens is 2. The topological polar surface area (TPSA) is 9.23 Å². The fourth-order valence-corrected chi connectivity index (χ4v) is 2.17. The van der Waals surface area contributed by atoms with E-state index in [9.17, 15) is 0 Å². The van der Waals surface area contributed by atoms with Gasteiger partial charge in [0.2, 0.25) is 0 Å². The van der Waals surface area contributed by atoms with Gasteiger partial charge in [-0.1, -0.05) is 51.6 Å². The van der Waals surface area contributed by atoms with Crippen molar-refractivity contribution in [3.8, 4) is 5.75 Å². The van der Waals surface area contributed by atoms with Gasteiger partial charge in [0.05, 0.1) is 6.61 Å². The van der Waals surface area contributed by atoms with Crippen LogP contribution in [0.5, 0.6) is 5.75 Å². The van der Waals surface area contributed by atoms with E-state index >= 15 is 0 Å². The van der Waals surface area contributed by atoms with Crippen LogP contribution in [0.3, 0.4) is 0 Å². The number of benzene rings is 1. The second kappa shape index (κ2) is 7.29. The zero-order valence-corrected chi connectivity index (χ0v) is 12.1. The maximum atomic E-state index is 5.73. The molecule has 0 unspecified atom stereocenters. The molecule has 1 aromatic carbocycles. The average Bonchev–Trinajstić information content (AvgIpc) is 2.26. The lowest BCUT2D eigenvalue weighted by Crippen LogP contribution is -1.99. The van der Waals surface area contributed by atoms with E-state index in [0.29, 0.717) is 0 Å². The van der Waals surface area contributed by atoms with Crippen LogP contribution in [-0.4, -0.2) is 6.61 Å². The molecule has 0 saturated carbocycles. The first-order valence-corrected chi connectivity index (χ1v) is 7.16. The zero-order chi connectivity index (χ0) is 11.1. The molecule has 0 aliphatic heterocycles. The Morgan fingerprint density at radius 2 is 2.07 bits per heavy atom. The van der Waals surface area contributed by atoms with Gasteiger partial charge in [-0.2, -0.15) is 0 Å². The summed E-state index contributed by atoms with van der Waals surface area (Å²) in [4.78, 5) is 0. The van der Waals surface area contributed by atoms with Crippen molar-refractivity contribution >= 4 is 31.9 Å². The molecule has 3 heteroatoms. The molecular formula is C12H16Br2O. The third-order valence-corrected chi connectivity index (χ3v) is 3.27. The van der Waals surface area contributed by atoms with Gasteiger partial charge in [-0.05, 0) is 24.6 Å². The molecule has 0 fully saturated rings. The number of hydrogen-bond acceptors (Lipinski definition) is 1. The van der Waals surface area contributed by atoms with Gasteiger partial charge in [0.15, 0.2) is 0 Å². The fraction of sp³-hybridized carbons (Fsp3) is 0.500. The van der Waals surface area contributed by atoms with Crippen molar-refractivity contribution in [3.05, 3.63) is 28.2 Å². The molecule has 0 N–H and O–H groups in total. The second-order valence-electron chi connectivity index (χ2n) is 3.44. The smallest absolute Gasteiger partial charge is 0.123 e. The highest BCUT2D eigenvalue weighted by Gasteiger charge is 2.02. The highest BCUT2D eigenvalue weighted by Crippen LogP contribution is 2.25. The predicted octanol–water partition coefficient (Wildman–Crippen LogP) is 4.91. The van der Waals surface area contributed by atoms with Gasteiger partial charge in [0, 0.05) is 15.4 Å². The number of ether oxygens (including phenoxy) is 1. The minimum absolute atomic E-state index is 0.815. The van der Waals surface area contributed by atoms with Crippen molar-refractivity contribution in [2.24, 2.45) is 0 Å². The summed E-state index contributed by atoms with van der Waals surface area (Å²) in [7, 11) is 0. The Hall–Kier alpha value is -0.0200. The average molecular weight is 336 g/mol. The van der Waals surface area contributed by atoms with Crippen molar-refractivity contribution in [1.82, 2.24) is 0 Å². The van der Waals surface area contributed by atoms with Crippen molar-refractivity contribution in [2.45, 2.75) is 31.5 Å². The first kappa shape index (κ1) is 13.0. The number of rotatable bonds is 6. The van der Waals surface area contributed by atoms with Crippen LogP contribution in [0.25, 0.3) is 0 Å². The Kier molecular flexibility index (Phi) is 6.34. The summed E-state index contributed by atoms with van der Waals surface area (Å²) in [6.07, 6.45) is 3.60. The van der Waals surface area contributed by atoms with E-state index in [-0.39, 0.29) is 0 Å². The van der Waals surface area contributed by atoms with Crippen LogP contribution < -0.4 is 4.74 Å². The van der Waals surface area contributed by atoms with Crippen LogP contribution in [0.15, 0.2) is 22.7 Å². The van der Waals surface area contributed by atoms with E-state index in [1.807, 2.05) is 12.1 Å². The van der Waals surface area contributed by atoms with Gasteiger partial charge in [-0.3, -0.25) is 0 Å². The van der Waals surface area contributed by atoms with E-state index in [1.54, 1.807) is 0 Å². The van der Waals surface area contributed by atoms with Gasteiger partial charge in [0.1, 0.15) is 5.75 Å². The molecule has 0 heterocycles. The summed E-state index contributed by atoms with van der Waals surface area (Å²) in [5.74, 6) is 0.992. The van der Waals surface area contributed by atoms with E-state index < -0.39 is 0 Å². The lowest BCUT2D eigenvalue weighted by molar-refractivity contribution is 0.304.